The monoisotopic (exact) mass is 277 g/mol. The molecule has 0 unspecified atom stereocenters. The molecule has 18 heavy (non-hydrogen) atoms. The molecule has 0 amide bonds. The lowest BCUT2D eigenvalue weighted by molar-refractivity contribution is 1.05. The summed E-state index contributed by atoms with van der Waals surface area (Å²) in [5.41, 5.74) is 7.09. The Balaban J connectivity index is 2.39. The normalized spacial score (nSPS) is 10.3. The van der Waals surface area contributed by atoms with Gasteiger partial charge in [-0.25, -0.2) is 4.98 Å². The molecule has 92 valence electrons. The maximum absolute atomic E-state index is 7.55. The molecular weight excluding hydrogens is 266 g/mol. The smallest absolute Gasteiger partial charge is 0.125 e. The number of hydrogen-bond acceptors (Lipinski definition) is 3. The molecule has 0 aliphatic carbocycles. The van der Waals surface area contributed by atoms with Crippen LogP contribution in [0.15, 0.2) is 46.3 Å². The molecule has 1 aromatic heterocycles. The van der Waals surface area contributed by atoms with Gasteiger partial charge in [0.05, 0.1) is 0 Å². The molecule has 0 saturated carbocycles. The van der Waals surface area contributed by atoms with Crippen LogP contribution in [0.3, 0.4) is 0 Å². The first-order valence-electron chi connectivity index (χ1n) is 5.32. The van der Waals surface area contributed by atoms with Gasteiger partial charge in [-0.3, -0.25) is 5.41 Å². The van der Waals surface area contributed by atoms with Crippen LogP contribution in [0, 0.1) is 12.3 Å². The van der Waals surface area contributed by atoms with Crippen molar-refractivity contribution in [3.8, 4) is 0 Å². The van der Waals surface area contributed by atoms with Crippen LogP contribution in [0.4, 0.5) is 0 Å². The topological polar surface area (TPSA) is 62.8 Å². The second kappa shape index (κ2) is 5.42. The van der Waals surface area contributed by atoms with E-state index in [1.165, 1.54) is 11.8 Å². The van der Waals surface area contributed by atoms with Crippen LogP contribution in [-0.2, 0) is 0 Å². The third kappa shape index (κ3) is 3.03. The minimum Gasteiger partial charge on any atom is -0.384 e. The van der Waals surface area contributed by atoms with Crippen LogP contribution >= 0.6 is 23.4 Å². The second-order valence-corrected chi connectivity index (χ2v) is 5.28. The molecule has 2 rings (SSSR count). The lowest BCUT2D eigenvalue weighted by atomic mass is 10.2. The van der Waals surface area contributed by atoms with Crippen molar-refractivity contribution in [3.05, 3.63) is 52.7 Å². The quantitative estimate of drug-likeness (QED) is 0.667. The summed E-state index contributed by atoms with van der Waals surface area (Å²) in [4.78, 5) is 5.39. The molecule has 0 aliphatic rings. The van der Waals surface area contributed by atoms with Gasteiger partial charge >= 0.3 is 0 Å². The van der Waals surface area contributed by atoms with Gasteiger partial charge in [0.25, 0.3) is 0 Å². The zero-order valence-corrected chi connectivity index (χ0v) is 11.3. The van der Waals surface area contributed by atoms with E-state index < -0.39 is 0 Å². The van der Waals surface area contributed by atoms with E-state index in [-0.39, 0.29) is 5.84 Å². The molecule has 0 saturated heterocycles. The summed E-state index contributed by atoms with van der Waals surface area (Å²) in [6, 6.07) is 11.2. The number of nitrogens with zero attached hydrogens (tertiary/aromatic N) is 1. The van der Waals surface area contributed by atoms with Crippen LogP contribution in [0.1, 0.15) is 11.3 Å². The largest absolute Gasteiger partial charge is 0.384 e. The Morgan fingerprint density at radius 2 is 2.11 bits per heavy atom. The van der Waals surface area contributed by atoms with Gasteiger partial charge in [0.2, 0.25) is 0 Å². The molecule has 0 spiro atoms. The summed E-state index contributed by atoms with van der Waals surface area (Å²) in [5.74, 6) is 0.0204. The highest BCUT2D eigenvalue weighted by atomic mass is 35.5. The summed E-state index contributed by atoms with van der Waals surface area (Å²) in [5, 5.41) is 8.96. The molecule has 5 heteroatoms. The van der Waals surface area contributed by atoms with Crippen LogP contribution in [0.5, 0.6) is 0 Å². The van der Waals surface area contributed by atoms with Gasteiger partial charge in [-0.2, -0.15) is 0 Å². The molecule has 0 atom stereocenters. The zero-order valence-electron chi connectivity index (χ0n) is 9.77. The highest BCUT2D eigenvalue weighted by Gasteiger charge is 2.09. The van der Waals surface area contributed by atoms with E-state index >= 15 is 0 Å². The van der Waals surface area contributed by atoms with Crippen molar-refractivity contribution < 1.29 is 0 Å². The molecule has 0 fully saturated rings. The van der Waals surface area contributed by atoms with Crippen molar-refractivity contribution in [1.29, 1.82) is 5.41 Å². The number of aromatic nitrogens is 1. The molecular formula is C13H12ClN3S. The molecule has 0 radical (unpaired) electrons. The average Bonchev–Trinajstić information content (AvgIpc) is 2.28. The number of pyridine rings is 1. The molecule has 2 aromatic rings. The van der Waals surface area contributed by atoms with Gasteiger partial charge in [0.15, 0.2) is 0 Å². The highest BCUT2D eigenvalue weighted by Crippen LogP contribution is 2.30. The number of amidine groups is 1. The number of nitrogens with two attached hydrogens (primary N) is 1. The number of aryl methyl sites for hydroxylation is 1. The number of hydrogen-bond donors (Lipinski definition) is 2. The molecule has 0 bridgehead atoms. The van der Waals surface area contributed by atoms with E-state index in [0.29, 0.717) is 10.6 Å². The number of rotatable bonds is 3. The summed E-state index contributed by atoms with van der Waals surface area (Å²) in [7, 11) is 0. The molecule has 3 N–H and O–H groups in total. The van der Waals surface area contributed by atoms with Crippen LogP contribution in [0.25, 0.3) is 0 Å². The van der Waals surface area contributed by atoms with Crippen molar-refractivity contribution in [2.45, 2.75) is 16.8 Å². The fourth-order valence-electron chi connectivity index (χ4n) is 1.46. The van der Waals surface area contributed by atoms with Crippen LogP contribution < -0.4 is 5.73 Å². The van der Waals surface area contributed by atoms with Crippen LogP contribution in [0.2, 0.25) is 5.02 Å². The van der Waals surface area contributed by atoms with E-state index in [4.69, 9.17) is 22.7 Å². The minimum atomic E-state index is 0.0204. The number of nitrogen functional groups attached to an aromatic ring is 1. The number of benzene rings is 1. The predicted octanol–water partition coefficient (Wildman–Crippen LogP) is 3.48. The van der Waals surface area contributed by atoms with Gasteiger partial charge in [-0.1, -0.05) is 29.4 Å². The van der Waals surface area contributed by atoms with Crippen LogP contribution in [-0.4, -0.2) is 10.8 Å². The molecule has 3 nitrogen and oxygen atoms in total. The first-order chi connectivity index (χ1) is 8.56. The van der Waals surface area contributed by atoms with E-state index in [1.807, 2.05) is 43.3 Å². The van der Waals surface area contributed by atoms with Crippen molar-refractivity contribution in [1.82, 2.24) is 4.98 Å². The standard InChI is InChI=1S/C13H12ClN3S/c1-8-5-6-11(12(15)16)13(17-8)18-10-4-2-3-9(14)7-10/h2-7H,1H3,(H3,15,16). The maximum atomic E-state index is 7.55. The van der Waals surface area contributed by atoms with Gasteiger partial charge in [-0.05, 0) is 37.3 Å². The third-order valence-corrected chi connectivity index (χ3v) is 3.53. The third-order valence-electron chi connectivity index (χ3n) is 2.30. The summed E-state index contributed by atoms with van der Waals surface area (Å²) >= 11 is 7.40. The van der Waals surface area contributed by atoms with E-state index in [0.717, 1.165) is 15.6 Å². The lowest BCUT2D eigenvalue weighted by Gasteiger charge is -2.08. The van der Waals surface area contributed by atoms with Crippen molar-refractivity contribution in [2.24, 2.45) is 5.73 Å². The van der Waals surface area contributed by atoms with Gasteiger partial charge in [0, 0.05) is 21.2 Å². The summed E-state index contributed by atoms with van der Waals surface area (Å²) in [6.07, 6.45) is 0. The van der Waals surface area contributed by atoms with Crippen molar-refractivity contribution in [3.63, 3.8) is 0 Å². The van der Waals surface area contributed by atoms with Gasteiger partial charge in [0.1, 0.15) is 10.9 Å². The minimum absolute atomic E-state index is 0.0204. The molecule has 1 aromatic carbocycles. The molecule has 1 heterocycles. The van der Waals surface area contributed by atoms with E-state index in [2.05, 4.69) is 4.98 Å². The van der Waals surface area contributed by atoms with E-state index in [9.17, 15) is 0 Å². The average molecular weight is 278 g/mol. The lowest BCUT2D eigenvalue weighted by Crippen LogP contribution is -2.13. The van der Waals surface area contributed by atoms with Crippen molar-refractivity contribution in [2.75, 3.05) is 0 Å². The Bertz CT molecular complexity index is 599. The number of nitrogens with one attached hydrogen (secondary N) is 1. The highest BCUT2D eigenvalue weighted by molar-refractivity contribution is 7.99. The summed E-state index contributed by atoms with van der Waals surface area (Å²) in [6.45, 7) is 1.91. The Labute approximate surface area is 115 Å². The second-order valence-electron chi connectivity index (χ2n) is 3.78. The van der Waals surface area contributed by atoms with Gasteiger partial charge < -0.3 is 5.73 Å². The predicted molar refractivity (Wildman–Crippen MR) is 75.6 cm³/mol. The van der Waals surface area contributed by atoms with E-state index in [1.54, 1.807) is 0 Å². The Kier molecular flexibility index (Phi) is 3.89. The van der Waals surface area contributed by atoms with Crippen molar-refractivity contribution >= 4 is 29.2 Å². The number of halogens is 1. The fraction of sp³-hybridized carbons (Fsp3) is 0.0769. The first-order valence-corrected chi connectivity index (χ1v) is 6.51. The SMILES string of the molecule is Cc1ccc(C(=N)N)c(Sc2cccc(Cl)c2)n1. The maximum Gasteiger partial charge on any atom is 0.125 e. The first kappa shape index (κ1) is 12.9. The molecule has 0 aliphatic heterocycles. The van der Waals surface area contributed by atoms with Gasteiger partial charge in [-0.15, -0.1) is 0 Å². The Hall–Kier alpha value is -1.52. The summed E-state index contributed by atoms with van der Waals surface area (Å²) < 4.78 is 0. The Morgan fingerprint density at radius 3 is 2.78 bits per heavy atom. The fourth-order valence-corrected chi connectivity index (χ4v) is 2.75. The zero-order chi connectivity index (χ0) is 13.1. The Morgan fingerprint density at radius 1 is 1.33 bits per heavy atom.